The van der Waals surface area contributed by atoms with Gasteiger partial charge in [-0.1, -0.05) is 24.3 Å². The molecule has 0 aliphatic heterocycles. The molecule has 0 saturated carbocycles. The van der Waals surface area contributed by atoms with Gasteiger partial charge in [0.25, 0.3) is 0 Å². The summed E-state index contributed by atoms with van der Waals surface area (Å²) in [4.78, 5) is 0. The Kier molecular flexibility index (Phi) is 7.49. The number of aromatic nitrogens is 2. The van der Waals surface area contributed by atoms with Crippen LogP contribution in [0.15, 0.2) is 97.3 Å². The monoisotopic (exact) mass is 470 g/mol. The van der Waals surface area contributed by atoms with Crippen molar-refractivity contribution >= 4 is 21.8 Å². The Balaban J connectivity index is 0.00000121. The standard InChI is InChI=1S/C22H20N2.2BrH/c1-3-13-21-19(9-1)11-7-17-23(21)15-5-6-16-24-18-8-12-20-10-2-4-14-22(20)24;;/h1-14,17-18H,15-16H2;2*1H/q+2;;/p-2. The van der Waals surface area contributed by atoms with Crippen LogP contribution in [0.25, 0.3) is 21.8 Å². The SMILES string of the molecule is C(=CC[n+]1cccc2ccccc21)C[n+]1cccc2ccccc21.[Br-].[Br-]. The fraction of sp³-hybridized carbons (Fsp3) is 0.0909. The van der Waals surface area contributed by atoms with Crippen molar-refractivity contribution in [3.8, 4) is 0 Å². The van der Waals surface area contributed by atoms with Gasteiger partial charge in [-0.2, -0.15) is 9.13 Å². The van der Waals surface area contributed by atoms with E-state index >= 15 is 0 Å². The van der Waals surface area contributed by atoms with Gasteiger partial charge in [0.05, 0.1) is 0 Å². The van der Waals surface area contributed by atoms with Crippen molar-refractivity contribution < 1.29 is 43.1 Å². The Hall–Kier alpha value is -2.04. The van der Waals surface area contributed by atoms with Gasteiger partial charge in [0.1, 0.15) is 0 Å². The second kappa shape index (κ2) is 9.60. The summed E-state index contributed by atoms with van der Waals surface area (Å²) in [5.41, 5.74) is 2.53. The molecule has 4 aromatic rings. The quantitative estimate of drug-likeness (QED) is 0.236. The molecule has 2 aromatic heterocycles. The van der Waals surface area contributed by atoms with Crippen LogP contribution in [-0.2, 0) is 13.1 Å². The van der Waals surface area contributed by atoms with Gasteiger partial charge in [0.15, 0.2) is 25.5 Å². The lowest BCUT2D eigenvalue weighted by atomic mass is 10.2. The summed E-state index contributed by atoms with van der Waals surface area (Å²) in [7, 11) is 0. The normalized spacial score (nSPS) is 10.6. The smallest absolute Gasteiger partial charge is 0.212 e. The number of fused-ring (bicyclic) bond motifs is 2. The van der Waals surface area contributed by atoms with Gasteiger partial charge >= 0.3 is 0 Å². The molecule has 132 valence electrons. The second-order valence-corrected chi connectivity index (χ2v) is 5.91. The molecule has 0 bridgehead atoms. The first-order valence-corrected chi connectivity index (χ1v) is 8.31. The maximum atomic E-state index is 2.28. The first-order chi connectivity index (χ1) is 11.9. The third-order valence-corrected chi connectivity index (χ3v) is 4.35. The minimum Gasteiger partial charge on any atom is -1.00 e. The molecular weight excluding hydrogens is 452 g/mol. The Bertz CT molecular complexity index is 935. The van der Waals surface area contributed by atoms with Gasteiger partial charge < -0.3 is 34.0 Å². The number of halogens is 2. The van der Waals surface area contributed by atoms with E-state index in [1.54, 1.807) is 0 Å². The van der Waals surface area contributed by atoms with Crippen molar-refractivity contribution in [3.63, 3.8) is 0 Å². The van der Waals surface area contributed by atoms with E-state index < -0.39 is 0 Å². The van der Waals surface area contributed by atoms with Crippen LogP contribution in [0.4, 0.5) is 0 Å². The summed E-state index contributed by atoms with van der Waals surface area (Å²) in [5, 5.41) is 2.55. The van der Waals surface area contributed by atoms with E-state index in [1.165, 1.54) is 21.8 Å². The number of benzene rings is 2. The van der Waals surface area contributed by atoms with E-state index in [9.17, 15) is 0 Å². The van der Waals surface area contributed by atoms with Crippen molar-refractivity contribution in [3.05, 3.63) is 97.3 Å². The van der Waals surface area contributed by atoms with E-state index in [2.05, 4.69) is 106 Å². The molecule has 0 atom stereocenters. The highest BCUT2D eigenvalue weighted by molar-refractivity contribution is 5.75. The number of pyridine rings is 2. The lowest BCUT2D eigenvalue weighted by molar-refractivity contribution is -0.665. The number of nitrogens with zero attached hydrogens (tertiary/aromatic N) is 2. The third-order valence-electron chi connectivity index (χ3n) is 4.35. The topological polar surface area (TPSA) is 7.76 Å². The number of hydrogen-bond donors (Lipinski definition) is 0. The highest BCUT2D eigenvalue weighted by Gasteiger charge is 2.06. The molecule has 0 spiro atoms. The number of allylic oxidation sites excluding steroid dienone is 2. The fourth-order valence-electron chi connectivity index (χ4n) is 3.14. The maximum Gasteiger partial charge on any atom is 0.212 e. The largest absolute Gasteiger partial charge is 1.00 e. The average Bonchev–Trinajstić information content (AvgIpc) is 2.65. The van der Waals surface area contributed by atoms with Crippen LogP contribution in [-0.4, -0.2) is 0 Å². The van der Waals surface area contributed by atoms with Gasteiger partial charge in [0.2, 0.25) is 11.0 Å². The van der Waals surface area contributed by atoms with Gasteiger partial charge in [-0.25, -0.2) is 0 Å². The maximum absolute atomic E-state index is 2.28. The molecule has 26 heavy (non-hydrogen) atoms. The molecule has 0 aliphatic rings. The van der Waals surface area contributed by atoms with E-state index in [0.717, 1.165) is 13.1 Å². The van der Waals surface area contributed by atoms with Crippen LogP contribution in [0.1, 0.15) is 0 Å². The van der Waals surface area contributed by atoms with Crippen LogP contribution in [0.5, 0.6) is 0 Å². The summed E-state index contributed by atoms with van der Waals surface area (Å²) in [6, 6.07) is 25.5. The van der Waals surface area contributed by atoms with Gasteiger partial charge in [-0.05, 0) is 36.4 Å². The summed E-state index contributed by atoms with van der Waals surface area (Å²) in [6.45, 7) is 1.76. The predicted octanol–water partition coefficient (Wildman–Crippen LogP) is -2.17. The summed E-state index contributed by atoms with van der Waals surface area (Å²) >= 11 is 0. The third kappa shape index (κ3) is 4.37. The predicted molar refractivity (Wildman–Crippen MR) is 97.4 cm³/mol. The Morgan fingerprint density at radius 2 is 0.923 bits per heavy atom. The molecule has 4 heteroatoms. The zero-order valence-corrected chi connectivity index (χ0v) is 17.5. The van der Waals surface area contributed by atoms with E-state index in [0.29, 0.717) is 0 Å². The minimum absolute atomic E-state index is 0. The van der Waals surface area contributed by atoms with Crippen molar-refractivity contribution in [2.75, 3.05) is 0 Å². The molecule has 2 aromatic carbocycles. The highest BCUT2D eigenvalue weighted by atomic mass is 79.9. The molecular formula is C22H20Br2N2. The molecule has 2 heterocycles. The lowest BCUT2D eigenvalue weighted by Gasteiger charge is -1.99. The van der Waals surface area contributed by atoms with Crippen LogP contribution in [0.3, 0.4) is 0 Å². The molecule has 0 fully saturated rings. The Labute approximate surface area is 175 Å². The van der Waals surface area contributed by atoms with Crippen molar-refractivity contribution in [2.24, 2.45) is 0 Å². The first kappa shape index (κ1) is 20.3. The highest BCUT2D eigenvalue weighted by Crippen LogP contribution is 2.08. The number of rotatable bonds is 4. The van der Waals surface area contributed by atoms with Crippen molar-refractivity contribution in [1.29, 1.82) is 0 Å². The lowest BCUT2D eigenvalue weighted by Crippen LogP contribution is -3.00. The number of hydrogen-bond acceptors (Lipinski definition) is 0. The summed E-state index contributed by atoms with van der Waals surface area (Å²) < 4.78 is 4.55. The van der Waals surface area contributed by atoms with E-state index in [4.69, 9.17) is 0 Å². The van der Waals surface area contributed by atoms with Crippen molar-refractivity contribution in [1.82, 2.24) is 0 Å². The fourth-order valence-corrected chi connectivity index (χ4v) is 3.14. The summed E-state index contributed by atoms with van der Waals surface area (Å²) in [5.74, 6) is 0. The molecule has 0 unspecified atom stereocenters. The first-order valence-electron chi connectivity index (χ1n) is 8.31. The van der Waals surface area contributed by atoms with Gasteiger partial charge in [0, 0.05) is 35.0 Å². The van der Waals surface area contributed by atoms with Crippen LogP contribution >= 0.6 is 0 Å². The number of para-hydroxylation sites is 2. The van der Waals surface area contributed by atoms with Crippen molar-refractivity contribution in [2.45, 2.75) is 13.1 Å². The zero-order valence-electron chi connectivity index (χ0n) is 14.3. The van der Waals surface area contributed by atoms with Crippen LogP contribution in [0.2, 0.25) is 0 Å². The van der Waals surface area contributed by atoms with E-state index in [-0.39, 0.29) is 34.0 Å². The minimum atomic E-state index is 0. The molecule has 0 amide bonds. The molecule has 0 aliphatic carbocycles. The summed E-state index contributed by atoms with van der Waals surface area (Å²) in [6.07, 6.45) is 8.75. The average molecular weight is 472 g/mol. The molecule has 0 saturated heterocycles. The molecule has 4 rings (SSSR count). The zero-order chi connectivity index (χ0) is 16.2. The van der Waals surface area contributed by atoms with Crippen LogP contribution < -0.4 is 43.1 Å². The van der Waals surface area contributed by atoms with E-state index in [1.807, 2.05) is 0 Å². The Morgan fingerprint density at radius 3 is 1.38 bits per heavy atom. The molecule has 0 radical (unpaired) electrons. The van der Waals surface area contributed by atoms with Crippen LogP contribution in [0, 0.1) is 0 Å². The van der Waals surface area contributed by atoms with Gasteiger partial charge in [-0.15, -0.1) is 0 Å². The molecule has 0 N–H and O–H groups in total. The Morgan fingerprint density at radius 1 is 0.538 bits per heavy atom. The second-order valence-electron chi connectivity index (χ2n) is 5.91. The van der Waals surface area contributed by atoms with Gasteiger partial charge in [-0.3, -0.25) is 0 Å². The molecule has 2 nitrogen and oxygen atoms in total.